The van der Waals surface area contributed by atoms with Crippen LogP contribution in [-0.4, -0.2) is 47.5 Å². The Labute approximate surface area is 112 Å². The van der Waals surface area contributed by atoms with Crippen LogP contribution in [0.5, 0.6) is 0 Å². The molecule has 5 nitrogen and oxygen atoms in total. The maximum Gasteiger partial charge on any atom is 0.410 e. The summed E-state index contributed by atoms with van der Waals surface area (Å²) in [6, 6.07) is 9.47. The molecule has 0 bridgehead atoms. The molecule has 0 saturated carbocycles. The third kappa shape index (κ3) is 3.24. The molecular weight excluding hydrogens is 246 g/mol. The zero-order valence-corrected chi connectivity index (χ0v) is 10.8. The van der Waals surface area contributed by atoms with Gasteiger partial charge < -0.3 is 19.8 Å². The van der Waals surface area contributed by atoms with E-state index < -0.39 is 11.5 Å². The van der Waals surface area contributed by atoms with Gasteiger partial charge >= 0.3 is 6.09 Å². The summed E-state index contributed by atoms with van der Waals surface area (Å²) in [5.74, 6) is 0. The monoisotopic (exact) mass is 265 g/mol. The maximum absolute atomic E-state index is 11.9. The molecule has 104 valence electrons. The Bertz CT molecular complexity index is 417. The summed E-state index contributed by atoms with van der Waals surface area (Å²) >= 11 is 0. The number of aliphatic hydroxyl groups excluding tert-OH is 2. The minimum Gasteiger partial charge on any atom is -0.445 e. The predicted molar refractivity (Wildman–Crippen MR) is 69.4 cm³/mol. The number of nitrogens with zero attached hydrogens (tertiary/aromatic N) is 1. The van der Waals surface area contributed by atoms with Crippen LogP contribution in [-0.2, 0) is 11.3 Å². The van der Waals surface area contributed by atoms with E-state index in [1.54, 1.807) is 0 Å². The Morgan fingerprint density at radius 1 is 1.26 bits per heavy atom. The Hall–Kier alpha value is -1.59. The lowest BCUT2D eigenvalue weighted by molar-refractivity contribution is 0.0553. The van der Waals surface area contributed by atoms with Crippen LogP contribution in [0, 0.1) is 5.41 Å². The molecule has 2 rings (SSSR count). The maximum atomic E-state index is 11.9. The first kappa shape index (κ1) is 13.8. The van der Waals surface area contributed by atoms with Crippen molar-refractivity contribution >= 4 is 6.09 Å². The molecule has 1 aromatic carbocycles. The topological polar surface area (TPSA) is 70.0 Å². The van der Waals surface area contributed by atoms with E-state index in [0.717, 1.165) is 5.56 Å². The van der Waals surface area contributed by atoms with Crippen LogP contribution in [0.4, 0.5) is 4.79 Å². The highest BCUT2D eigenvalue weighted by Gasteiger charge is 2.39. The molecule has 0 aliphatic carbocycles. The van der Waals surface area contributed by atoms with E-state index in [1.165, 1.54) is 4.90 Å². The van der Waals surface area contributed by atoms with Gasteiger partial charge in [0, 0.05) is 18.5 Å². The van der Waals surface area contributed by atoms with Crippen molar-refractivity contribution in [3.8, 4) is 0 Å². The van der Waals surface area contributed by atoms with Crippen LogP contribution in [0.3, 0.4) is 0 Å². The Morgan fingerprint density at radius 3 is 2.53 bits per heavy atom. The third-order valence-electron chi connectivity index (χ3n) is 3.57. The van der Waals surface area contributed by atoms with Gasteiger partial charge in [0.05, 0.1) is 13.2 Å². The summed E-state index contributed by atoms with van der Waals surface area (Å²) in [5.41, 5.74) is 0.358. The van der Waals surface area contributed by atoms with Gasteiger partial charge in [-0.25, -0.2) is 4.79 Å². The van der Waals surface area contributed by atoms with Crippen molar-refractivity contribution < 1.29 is 19.7 Å². The summed E-state index contributed by atoms with van der Waals surface area (Å²) in [6.45, 7) is 0.849. The first-order valence-corrected chi connectivity index (χ1v) is 6.36. The van der Waals surface area contributed by atoms with Crippen LogP contribution < -0.4 is 0 Å². The van der Waals surface area contributed by atoms with Crippen LogP contribution in [0.15, 0.2) is 30.3 Å². The number of ether oxygens (including phenoxy) is 1. The predicted octanol–water partition coefficient (Wildman–Crippen LogP) is 1.000. The van der Waals surface area contributed by atoms with E-state index in [9.17, 15) is 15.0 Å². The number of amides is 1. The van der Waals surface area contributed by atoms with Crippen molar-refractivity contribution in [1.29, 1.82) is 0 Å². The van der Waals surface area contributed by atoms with E-state index in [4.69, 9.17) is 4.74 Å². The van der Waals surface area contributed by atoms with Gasteiger partial charge in [0.2, 0.25) is 0 Å². The number of hydrogen-bond donors (Lipinski definition) is 2. The Morgan fingerprint density at radius 2 is 1.95 bits per heavy atom. The summed E-state index contributed by atoms with van der Waals surface area (Å²) in [4.78, 5) is 13.4. The average molecular weight is 265 g/mol. The number of rotatable bonds is 4. The lowest BCUT2D eigenvalue weighted by atomic mass is 9.89. The fourth-order valence-corrected chi connectivity index (χ4v) is 2.21. The number of aliphatic hydroxyl groups is 2. The number of benzene rings is 1. The van der Waals surface area contributed by atoms with Gasteiger partial charge in [0.15, 0.2) is 0 Å². The van der Waals surface area contributed by atoms with Crippen molar-refractivity contribution in [2.24, 2.45) is 5.41 Å². The fourth-order valence-electron chi connectivity index (χ4n) is 2.21. The number of hydrogen-bond acceptors (Lipinski definition) is 4. The van der Waals surface area contributed by atoms with E-state index in [-0.39, 0.29) is 19.8 Å². The van der Waals surface area contributed by atoms with Crippen molar-refractivity contribution in [2.45, 2.75) is 13.0 Å². The van der Waals surface area contributed by atoms with Crippen molar-refractivity contribution in [3.05, 3.63) is 35.9 Å². The first-order chi connectivity index (χ1) is 9.19. The highest BCUT2D eigenvalue weighted by Crippen LogP contribution is 2.29. The zero-order valence-electron chi connectivity index (χ0n) is 10.8. The SMILES string of the molecule is O=C(OCc1ccccc1)N1CCC(CO)(CO)C1. The minimum absolute atomic E-state index is 0.119. The fraction of sp³-hybridized carbons (Fsp3) is 0.500. The smallest absolute Gasteiger partial charge is 0.410 e. The minimum atomic E-state index is -0.578. The van der Waals surface area contributed by atoms with E-state index >= 15 is 0 Å². The molecule has 0 radical (unpaired) electrons. The number of carbonyl (C=O) groups excluding carboxylic acids is 1. The molecular formula is C14H19NO4. The summed E-state index contributed by atoms with van der Waals surface area (Å²) < 4.78 is 5.22. The van der Waals surface area contributed by atoms with E-state index in [1.807, 2.05) is 30.3 Å². The Balaban J connectivity index is 1.85. The van der Waals surface area contributed by atoms with Gasteiger partial charge in [-0.05, 0) is 12.0 Å². The van der Waals surface area contributed by atoms with Crippen molar-refractivity contribution in [2.75, 3.05) is 26.3 Å². The molecule has 0 spiro atoms. The molecule has 1 aliphatic rings. The molecule has 1 amide bonds. The van der Waals surface area contributed by atoms with Crippen LogP contribution in [0.1, 0.15) is 12.0 Å². The first-order valence-electron chi connectivity index (χ1n) is 6.36. The van der Waals surface area contributed by atoms with Crippen molar-refractivity contribution in [3.63, 3.8) is 0 Å². The van der Waals surface area contributed by atoms with Gasteiger partial charge in [-0.3, -0.25) is 0 Å². The highest BCUT2D eigenvalue weighted by atomic mass is 16.6. The molecule has 1 heterocycles. The van der Waals surface area contributed by atoms with Gasteiger partial charge in [-0.15, -0.1) is 0 Å². The van der Waals surface area contributed by atoms with Gasteiger partial charge in [-0.1, -0.05) is 30.3 Å². The molecule has 1 aromatic rings. The van der Waals surface area contributed by atoms with Gasteiger partial charge in [-0.2, -0.15) is 0 Å². The second kappa shape index (κ2) is 6.04. The number of likely N-dealkylation sites (tertiary alicyclic amines) is 1. The normalized spacial score (nSPS) is 17.5. The van der Waals surface area contributed by atoms with Gasteiger partial charge in [0.25, 0.3) is 0 Å². The molecule has 19 heavy (non-hydrogen) atoms. The van der Waals surface area contributed by atoms with Crippen LogP contribution in [0.25, 0.3) is 0 Å². The third-order valence-corrected chi connectivity index (χ3v) is 3.57. The molecule has 1 fully saturated rings. The second-order valence-corrected chi connectivity index (χ2v) is 5.03. The molecule has 1 saturated heterocycles. The van der Waals surface area contributed by atoms with Crippen molar-refractivity contribution in [1.82, 2.24) is 4.90 Å². The Kier molecular flexibility index (Phi) is 4.39. The molecule has 5 heteroatoms. The number of carbonyl (C=O) groups is 1. The van der Waals surface area contributed by atoms with Crippen LogP contribution >= 0.6 is 0 Å². The molecule has 1 aliphatic heterocycles. The molecule has 0 unspecified atom stereocenters. The molecule has 0 aromatic heterocycles. The largest absolute Gasteiger partial charge is 0.445 e. The van der Waals surface area contributed by atoms with E-state index in [2.05, 4.69) is 0 Å². The second-order valence-electron chi connectivity index (χ2n) is 5.03. The van der Waals surface area contributed by atoms with E-state index in [0.29, 0.717) is 19.5 Å². The van der Waals surface area contributed by atoms with Gasteiger partial charge in [0.1, 0.15) is 6.61 Å². The molecule has 0 atom stereocenters. The quantitative estimate of drug-likeness (QED) is 0.852. The summed E-state index contributed by atoms with van der Waals surface area (Å²) in [7, 11) is 0. The standard InChI is InChI=1S/C14H19NO4/c16-10-14(11-17)6-7-15(9-14)13(18)19-8-12-4-2-1-3-5-12/h1-5,16-17H,6-11H2. The highest BCUT2D eigenvalue weighted by molar-refractivity contribution is 5.68. The summed E-state index contributed by atoms with van der Waals surface area (Å²) in [6.07, 6.45) is 0.202. The lowest BCUT2D eigenvalue weighted by Gasteiger charge is -2.24. The summed E-state index contributed by atoms with van der Waals surface area (Å²) in [5, 5.41) is 18.6. The lowest BCUT2D eigenvalue weighted by Crippen LogP contribution is -2.36. The molecule has 2 N–H and O–H groups in total. The average Bonchev–Trinajstić information content (AvgIpc) is 2.91. The van der Waals surface area contributed by atoms with Crippen LogP contribution in [0.2, 0.25) is 0 Å². The zero-order chi connectivity index (χ0) is 13.7.